The zero-order valence-electron chi connectivity index (χ0n) is 11.1. The molecule has 2 nitrogen and oxygen atoms in total. The first-order valence-corrected chi connectivity index (χ1v) is 7.05. The quantitative estimate of drug-likeness (QED) is 0.902. The van der Waals surface area contributed by atoms with E-state index in [4.69, 9.17) is 5.73 Å². The Labute approximate surface area is 116 Å². The van der Waals surface area contributed by atoms with Crippen LogP contribution in [0, 0.1) is 19.7 Å². The number of thiophene rings is 1. The number of halogens is 1. The van der Waals surface area contributed by atoms with Gasteiger partial charge >= 0.3 is 0 Å². The van der Waals surface area contributed by atoms with Gasteiger partial charge in [-0.1, -0.05) is 12.1 Å². The zero-order chi connectivity index (χ0) is 14.0. The van der Waals surface area contributed by atoms with E-state index in [2.05, 4.69) is 0 Å². The average Bonchev–Trinajstić information content (AvgIpc) is 2.70. The van der Waals surface area contributed by atoms with E-state index < -0.39 is 6.10 Å². The van der Waals surface area contributed by atoms with Gasteiger partial charge in [-0.05, 0) is 43.2 Å². The fourth-order valence-corrected chi connectivity index (χ4v) is 3.22. The molecule has 2 atom stereocenters. The van der Waals surface area contributed by atoms with Gasteiger partial charge in [0, 0.05) is 22.2 Å². The molecule has 0 bridgehead atoms. The van der Waals surface area contributed by atoms with Crippen LogP contribution in [-0.2, 0) is 0 Å². The summed E-state index contributed by atoms with van der Waals surface area (Å²) < 4.78 is 13.3. The lowest BCUT2D eigenvalue weighted by atomic mass is 9.92. The molecule has 0 saturated heterocycles. The second-order valence-corrected chi connectivity index (χ2v) is 6.02. The van der Waals surface area contributed by atoms with Crippen LogP contribution < -0.4 is 5.73 Å². The fourth-order valence-electron chi connectivity index (χ4n) is 2.13. The van der Waals surface area contributed by atoms with Crippen LogP contribution in [0.25, 0.3) is 0 Å². The van der Waals surface area contributed by atoms with E-state index in [1.54, 1.807) is 23.5 Å². The first-order valence-electron chi connectivity index (χ1n) is 6.23. The van der Waals surface area contributed by atoms with Gasteiger partial charge in [0.1, 0.15) is 5.82 Å². The van der Waals surface area contributed by atoms with Gasteiger partial charge < -0.3 is 10.8 Å². The van der Waals surface area contributed by atoms with E-state index in [1.165, 1.54) is 17.0 Å². The van der Waals surface area contributed by atoms with Crippen LogP contribution in [0.15, 0.2) is 30.3 Å². The number of aryl methyl sites for hydroxylation is 2. The van der Waals surface area contributed by atoms with Crippen molar-refractivity contribution in [3.63, 3.8) is 0 Å². The number of nitrogens with two attached hydrogens (primary N) is 1. The number of rotatable bonds is 4. The number of aliphatic hydroxyl groups excluding tert-OH is 1. The molecule has 2 aromatic rings. The molecule has 1 aromatic heterocycles. The summed E-state index contributed by atoms with van der Waals surface area (Å²) in [5.41, 5.74) is 7.66. The van der Waals surface area contributed by atoms with Crippen LogP contribution in [0.4, 0.5) is 4.39 Å². The summed E-state index contributed by atoms with van der Waals surface area (Å²) in [6.07, 6.45) is -0.691. The molecule has 0 radical (unpaired) electrons. The Hall–Kier alpha value is -1.23. The summed E-state index contributed by atoms with van der Waals surface area (Å²) in [6.45, 7) is 4.32. The SMILES string of the molecule is Cc1cc(C(O)C(CN)c2cccc(F)c2)sc1C. The molecule has 102 valence electrons. The van der Waals surface area contributed by atoms with Crippen molar-refractivity contribution in [3.05, 3.63) is 57.0 Å². The van der Waals surface area contributed by atoms with Gasteiger partial charge in [0.05, 0.1) is 6.10 Å². The van der Waals surface area contributed by atoms with Crippen LogP contribution in [0.2, 0.25) is 0 Å². The predicted molar refractivity (Wildman–Crippen MR) is 76.9 cm³/mol. The van der Waals surface area contributed by atoms with E-state index in [0.29, 0.717) is 0 Å². The smallest absolute Gasteiger partial charge is 0.123 e. The van der Waals surface area contributed by atoms with Gasteiger partial charge in [-0.3, -0.25) is 0 Å². The first-order chi connectivity index (χ1) is 9.02. The molecule has 3 N–H and O–H groups in total. The predicted octanol–water partition coefficient (Wildman–Crippen LogP) is 3.28. The highest BCUT2D eigenvalue weighted by molar-refractivity contribution is 7.12. The number of aliphatic hydroxyl groups is 1. The summed E-state index contributed by atoms with van der Waals surface area (Å²) in [6, 6.07) is 8.26. The number of hydrogen-bond acceptors (Lipinski definition) is 3. The van der Waals surface area contributed by atoms with Gasteiger partial charge in [0.2, 0.25) is 0 Å². The minimum Gasteiger partial charge on any atom is -0.387 e. The van der Waals surface area contributed by atoms with E-state index in [-0.39, 0.29) is 18.3 Å². The van der Waals surface area contributed by atoms with Crippen LogP contribution in [0.5, 0.6) is 0 Å². The Bertz CT molecular complexity index is 548. The van der Waals surface area contributed by atoms with Crippen LogP contribution in [0.3, 0.4) is 0 Å². The third-order valence-electron chi connectivity index (χ3n) is 3.39. The molecule has 0 aliphatic carbocycles. The summed E-state index contributed by atoms with van der Waals surface area (Å²) in [7, 11) is 0. The topological polar surface area (TPSA) is 46.2 Å². The van der Waals surface area contributed by atoms with Gasteiger partial charge in [-0.15, -0.1) is 11.3 Å². The average molecular weight is 279 g/mol. The first kappa shape index (κ1) is 14.2. The maximum atomic E-state index is 13.3. The molecule has 1 aromatic carbocycles. The second-order valence-electron chi connectivity index (χ2n) is 4.73. The zero-order valence-corrected chi connectivity index (χ0v) is 11.9. The van der Waals surface area contributed by atoms with Gasteiger partial charge in [-0.2, -0.15) is 0 Å². The summed E-state index contributed by atoms with van der Waals surface area (Å²) in [5, 5.41) is 10.5. The van der Waals surface area contributed by atoms with E-state index in [1.807, 2.05) is 19.9 Å². The van der Waals surface area contributed by atoms with E-state index in [0.717, 1.165) is 16.0 Å². The molecular formula is C15H18FNOS. The highest BCUT2D eigenvalue weighted by Gasteiger charge is 2.23. The number of hydrogen-bond donors (Lipinski definition) is 2. The molecular weight excluding hydrogens is 261 g/mol. The monoisotopic (exact) mass is 279 g/mol. The molecule has 0 amide bonds. The van der Waals surface area contributed by atoms with Gasteiger partial charge in [0.15, 0.2) is 0 Å². The van der Waals surface area contributed by atoms with E-state index >= 15 is 0 Å². The Morgan fingerprint density at radius 3 is 2.58 bits per heavy atom. The highest BCUT2D eigenvalue weighted by Crippen LogP contribution is 2.35. The van der Waals surface area contributed by atoms with Crippen molar-refractivity contribution >= 4 is 11.3 Å². The normalized spacial score (nSPS) is 14.4. The summed E-state index contributed by atoms with van der Waals surface area (Å²) >= 11 is 1.57. The third-order valence-corrected chi connectivity index (χ3v) is 4.61. The minimum atomic E-state index is -0.691. The molecule has 0 saturated carbocycles. The molecule has 0 aliphatic heterocycles. The van der Waals surface area contributed by atoms with Crippen LogP contribution in [-0.4, -0.2) is 11.7 Å². The maximum Gasteiger partial charge on any atom is 0.123 e. The van der Waals surface area contributed by atoms with Crippen molar-refractivity contribution in [3.8, 4) is 0 Å². The molecule has 0 aliphatic rings. The lowest BCUT2D eigenvalue weighted by molar-refractivity contribution is 0.151. The Kier molecular flexibility index (Phi) is 4.34. The highest BCUT2D eigenvalue weighted by atomic mass is 32.1. The molecule has 1 heterocycles. The van der Waals surface area contributed by atoms with E-state index in [9.17, 15) is 9.50 Å². The molecule has 2 unspecified atom stereocenters. The lowest BCUT2D eigenvalue weighted by Gasteiger charge is -2.21. The Morgan fingerprint density at radius 2 is 2.05 bits per heavy atom. The Balaban J connectivity index is 2.31. The van der Waals surface area contributed by atoms with Crippen molar-refractivity contribution in [2.24, 2.45) is 5.73 Å². The van der Waals surface area contributed by atoms with Gasteiger partial charge in [0.25, 0.3) is 0 Å². The van der Waals surface area contributed by atoms with Gasteiger partial charge in [-0.25, -0.2) is 4.39 Å². The van der Waals surface area contributed by atoms with Crippen molar-refractivity contribution in [1.29, 1.82) is 0 Å². The van der Waals surface area contributed by atoms with Crippen molar-refractivity contribution in [2.75, 3.05) is 6.54 Å². The van der Waals surface area contributed by atoms with Crippen LogP contribution in [0.1, 0.15) is 32.9 Å². The molecule has 0 fully saturated rings. The minimum absolute atomic E-state index is 0.278. The van der Waals surface area contributed by atoms with Crippen molar-refractivity contribution in [2.45, 2.75) is 25.9 Å². The molecule has 19 heavy (non-hydrogen) atoms. The fraction of sp³-hybridized carbons (Fsp3) is 0.333. The maximum absolute atomic E-state index is 13.3. The van der Waals surface area contributed by atoms with Crippen molar-refractivity contribution in [1.82, 2.24) is 0 Å². The van der Waals surface area contributed by atoms with Crippen LogP contribution >= 0.6 is 11.3 Å². The molecule has 4 heteroatoms. The number of benzene rings is 1. The largest absolute Gasteiger partial charge is 0.387 e. The second kappa shape index (κ2) is 5.82. The third kappa shape index (κ3) is 3.03. The molecule has 0 spiro atoms. The van der Waals surface area contributed by atoms with Crippen molar-refractivity contribution < 1.29 is 9.50 Å². The summed E-state index contributed by atoms with van der Waals surface area (Å²) in [4.78, 5) is 2.07. The molecule has 2 rings (SSSR count). The standard InChI is InChI=1S/C15H18FNOS/c1-9-6-14(19-10(9)2)15(18)13(8-17)11-4-3-5-12(16)7-11/h3-7,13,15,18H,8,17H2,1-2H3. The lowest BCUT2D eigenvalue weighted by Crippen LogP contribution is -2.19. The Morgan fingerprint density at radius 1 is 1.32 bits per heavy atom. The summed E-state index contributed by atoms with van der Waals surface area (Å²) in [5.74, 6) is -0.588.